The smallest absolute Gasteiger partial charge is 0.305 e. The minimum Gasteiger partial charge on any atom is -0.469 e. The summed E-state index contributed by atoms with van der Waals surface area (Å²) in [5.74, 6) is -0.608. The first-order valence-electron chi connectivity index (χ1n) is 10.6. The Hall–Kier alpha value is -2.84. The summed E-state index contributed by atoms with van der Waals surface area (Å²) in [7, 11) is -2.67. The van der Waals surface area contributed by atoms with Gasteiger partial charge in [-0.15, -0.1) is 6.58 Å². The number of nitrogens with zero attached hydrogens (tertiary/aromatic N) is 1. The third kappa shape index (κ3) is 7.61. The van der Waals surface area contributed by atoms with E-state index >= 15 is 0 Å². The van der Waals surface area contributed by atoms with E-state index in [0.29, 0.717) is 18.7 Å². The average molecular weight is 493 g/mol. The SMILES string of the molecule is C=CCN(c1ccccc1)S(=O)(=O)c1cc(C(=O)NCCCCCCC(=O)OC)ccc1Cl. The van der Waals surface area contributed by atoms with Gasteiger partial charge in [-0.1, -0.05) is 48.7 Å². The summed E-state index contributed by atoms with van der Waals surface area (Å²) in [4.78, 5) is 23.5. The zero-order valence-corrected chi connectivity index (χ0v) is 20.2. The minimum absolute atomic E-state index is 0.0298. The monoisotopic (exact) mass is 492 g/mol. The van der Waals surface area contributed by atoms with Crippen LogP contribution < -0.4 is 9.62 Å². The van der Waals surface area contributed by atoms with E-state index in [9.17, 15) is 18.0 Å². The van der Waals surface area contributed by atoms with Gasteiger partial charge in [-0.3, -0.25) is 13.9 Å². The highest BCUT2D eigenvalue weighted by Crippen LogP contribution is 2.29. The van der Waals surface area contributed by atoms with E-state index in [1.54, 1.807) is 30.3 Å². The van der Waals surface area contributed by atoms with Crippen molar-refractivity contribution in [2.45, 2.75) is 37.0 Å². The van der Waals surface area contributed by atoms with Gasteiger partial charge in [-0.25, -0.2) is 8.42 Å². The normalized spacial score (nSPS) is 11.0. The molecular formula is C24H29ClN2O5S. The Morgan fingerprint density at radius 2 is 1.79 bits per heavy atom. The van der Waals surface area contributed by atoms with Crippen LogP contribution in [0.2, 0.25) is 5.02 Å². The van der Waals surface area contributed by atoms with Gasteiger partial charge in [-0.05, 0) is 43.2 Å². The van der Waals surface area contributed by atoms with Crippen molar-refractivity contribution in [3.05, 3.63) is 71.8 Å². The van der Waals surface area contributed by atoms with Gasteiger partial charge in [0.25, 0.3) is 15.9 Å². The van der Waals surface area contributed by atoms with Crippen LogP contribution in [0.15, 0.2) is 66.1 Å². The predicted molar refractivity (Wildman–Crippen MR) is 130 cm³/mol. The number of benzene rings is 2. The molecular weight excluding hydrogens is 464 g/mol. The second-order valence-corrected chi connectivity index (χ2v) is 9.54. The topological polar surface area (TPSA) is 92.8 Å². The number of hydrogen-bond acceptors (Lipinski definition) is 5. The van der Waals surface area contributed by atoms with Crippen LogP contribution >= 0.6 is 11.6 Å². The van der Waals surface area contributed by atoms with Gasteiger partial charge in [0.15, 0.2) is 0 Å². The van der Waals surface area contributed by atoms with Crippen molar-refractivity contribution in [2.24, 2.45) is 0 Å². The number of nitrogens with one attached hydrogen (secondary N) is 1. The third-order valence-corrected chi connectivity index (χ3v) is 7.20. The van der Waals surface area contributed by atoms with Crippen molar-refractivity contribution >= 4 is 39.2 Å². The van der Waals surface area contributed by atoms with Crippen molar-refractivity contribution in [2.75, 3.05) is 24.5 Å². The molecule has 1 amide bonds. The summed E-state index contributed by atoms with van der Waals surface area (Å²) < 4.78 is 32.5. The first-order chi connectivity index (χ1) is 15.8. The van der Waals surface area contributed by atoms with E-state index in [0.717, 1.165) is 25.7 Å². The maximum atomic E-state index is 13.4. The Kier molecular flexibility index (Phi) is 10.4. The van der Waals surface area contributed by atoms with Crippen LogP contribution in [0.5, 0.6) is 0 Å². The zero-order valence-electron chi connectivity index (χ0n) is 18.6. The van der Waals surface area contributed by atoms with E-state index in [2.05, 4.69) is 16.6 Å². The first kappa shape index (κ1) is 26.4. The summed E-state index contributed by atoms with van der Waals surface area (Å²) in [5.41, 5.74) is 0.672. The maximum Gasteiger partial charge on any atom is 0.305 e. The van der Waals surface area contributed by atoms with Crippen molar-refractivity contribution in [3.63, 3.8) is 0 Å². The van der Waals surface area contributed by atoms with E-state index < -0.39 is 10.0 Å². The van der Waals surface area contributed by atoms with Gasteiger partial charge >= 0.3 is 5.97 Å². The van der Waals surface area contributed by atoms with E-state index in [4.69, 9.17) is 11.6 Å². The van der Waals surface area contributed by atoms with Crippen LogP contribution in [0.1, 0.15) is 42.5 Å². The number of halogens is 1. The van der Waals surface area contributed by atoms with Gasteiger partial charge in [0, 0.05) is 18.5 Å². The molecule has 0 saturated heterocycles. The number of carbonyl (C=O) groups is 2. The number of hydrogen-bond donors (Lipinski definition) is 1. The highest BCUT2D eigenvalue weighted by Gasteiger charge is 2.27. The van der Waals surface area contributed by atoms with Gasteiger partial charge in [0.2, 0.25) is 0 Å². The van der Waals surface area contributed by atoms with Gasteiger partial charge in [0.05, 0.1) is 24.4 Å². The van der Waals surface area contributed by atoms with E-state index in [1.165, 1.54) is 35.7 Å². The third-order valence-electron chi connectivity index (χ3n) is 4.92. The van der Waals surface area contributed by atoms with E-state index in [1.807, 2.05) is 0 Å². The Morgan fingerprint density at radius 1 is 1.09 bits per heavy atom. The molecule has 33 heavy (non-hydrogen) atoms. The number of amides is 1. The van der Waals surface area contributed by atoms with Crippen molar-refractivity contribution in [1.82, 2.24) is 5.32 Å². The molecule has 0 heterocycles. The summed E-state index contributed by atoms with van der Waals surface area (Å²) >= 11 is 6.23. The summed E-state index contributed by atoms with van der Waals surface area (Å²) in [6.07, 6.45) is 5.06. The number of ether oxygens (including phenoxy) is 1. The lowest BCUT2D eigenvalue weighted by atomic mass is 10.1. The van der Waals surface area contributed by atoms with Crippen molar-refractivity contribution in [3.8, 4) is 0 Å². The second kappa shape index (κ2) is 13.0. The number of carbonyl (C=O) groups excluding carboxylic acids is 2. The molecule has 7 nitrogen and oxygen atoms in total. The lowest BCUT2D eigenvalue weighted by Gasteiger charge is -2.24. The van der Waals surface area contributed by atoms with Crippen LogP contribution in [0.3, 0.4) is 0 Å². The molecule has 0 spiro atoms. The average Bonchev–Trinajstić information content (AvgIpc) is 2.82. The fraction of sp³-hybridized carbons (Fsp3) is 0.333. The quantitative estimate of drug-likeness (QED) is 0.251. The molecule has 0 atom stereocenters. The Bertz CT molecular complexity index is 1060. The van der Waals surface area contributed by atoms with Crippen LogP contribution in [0.4, 0.5) is 5.69 Å². The summed E-state index contributed by atoms with van der Waals surface area (Å²) in [5, 5.41) is 2.83. The van der Waals surface area contributed by atoms with Crippen LogP contribution in [0, 0.1) is 0 Å². The number of para-hydroxylation sites is 1. The number of unbranched alkanes of at least 4 members (excludes halogenated alkanes) is 3. The molecule has 0 bridgehead atoms. The standard InChI is InChI=1S/C24H29ClN2O5S/c1-3-17-27(20-11-7-6-8-12-20)33(30,31)22-18-19(14-15-21(22)25)24(29)26-16-10-5-4-9-13-23(28)32-2/h3,6-8,11-12,14-15,18H,1,4-5,9-10,13,16-17H2,2H3,(H,26,29). The number of rotatable bonds is 13. The number of methoxy groups -OCH3 is 1. The highest BCUT2D eigenvalue weighted by atomic mass is 35.5. The molecule has 0 aliphatic carbocycles. The molecule has 178 valence electrons. The lowest BCUT2D eigenvalue weighted by molar-refractivity contribution is -0.140. The van der Waals surface area contributed by atoms with Gasteiger partial charge in [0.1, 0.15) is 4.90 Å². The highest BCUT2D eigenvalue weighted by molar-refractivity contribution is 7.93. The minimum atomic E-state index is -4.04. The summed E-state index contributed by atoms with van der Waals surface area (Å²) in [6.45, 7) is 4.14. The molecule has 0 aliphatic heterocycles. The lowest BCUT2D eigenvalue weighted by Crippen LogP contribution is -2.32. The fourth-order valence-corrected chi connectivity index (χ4v) is 5.11. The van der Waals surface area contributed by atoms with Crippen molar-refractivity contribution < 1.29 is 22.7 Å². The van der Waals surface area contributed by atoms with Gasteiger partial charge in [-0.2, -0.15) is 0 Å². The van der Waals surface area contributed by atoms with E-state index in [-0.39, 0.29) is 33.9 Å². The molecule has 0 saturated carbocycles. The molecule has 2 aromatic rings. The Labute approximate surface area is 200 Å². The zero-order chi connectivity index (χ0) is 24.3. The molecule has 1 N–H and O–H groups in total. The molecule has 2 aromatic carbocycles. The molecule has 0 radical (unpaired) electrons. The molecule has 9 heteroatoms. The Balaban J connectivity index is 2.06. The number of esters is 1. The predicted octanol–water partition coefficient (Wildman–Crippen LogP) is 4.57. The summed E-state index contributed by atoms with van der Waals surface area (Å²) in [6, 6.07) is 12.8. The molecule has 0 fully saturated rings. The molecule has 0 aromatic heterocycles. The van der Waals surface area contributed by atoms with Crippen LogP contribution in [0.25, 0.3) is 0 Å². The van der Waals surface area contributed by atoms with Crippen LogP contribution in [-0.2, 0) is 19.6 Å². The van der Waals surface area contributed by atoms with Crippen molar-refractivity contribution in [1.29, 1.82) is 0 Å². The number of anilines is 1. The Morgan fingerprint density at radius 3 is 2.45 bits per heavy atom. The molecule has 0 aliphatic rings. The first-order valence-corrected chi connectivity index (χ1v) is 12.5. The maximum absolute atomic E-state index is 13.4. The number of sulfonamides is 1. The van der Waals surface area contributed by atoms with Gasteiger partial charge < -0.3 is 10.1 Å². The van der Waals surface area contributed by atoms with Crippen LogP contribution in [-0.4, -0.2) is 40.5 Å². The largest absolute Gasteiger partial charge is 0.469 e. The fourth-order valence-electron chi connectivity index (χ4n) is 3.17. The second-order valence-electron chi connectivity index (χ2n) is 7.30. The molecule has 2 rings (SSSR count). The molecule has 0 unspecified atom stereocenters.